The van der Waals surface area contributed by atoms with Gasteiger partial charge >= 0.3 is 0 Å². The molecule has 0 aliphatic carbocycles. The van der Waals surface area contributed by atoms with Crippen LogP contribution in [0.5, 0.6) is 0 Å². The number of aryl methyl sites for hydroxylation is 1. The van der Waals surface area contributed by atoms with Gasteiger partial charge in [-0.25, -0.2) is 9.97 Å². The molecule has 0 saturated heterocycles. The molecule has 3 rings (SSSR count). The summed E-state index contributed by atoms with van der Waals surface area (Å²) >= 11 is 0. The van der Waals surface area contributed by atoms with Gasteiger partial charge in [-0.15, -0.1) is 0 Å². The molecular weight excluding hydrogens is 236 g/mol. The van der Waals surface area contributed by atoms with Gasteiger partial charge in [0.1, 0.15) is 0 Å². The molecule has 0 fully saturated rings. The Morgan fingerprint density at radius 1 is 0.947 bits per heavy atom. The summed E-state index contributed by atoms with van der Waals surface area (Å²) in [6.45, 7) is 1.95. The predicted molar refractivity (Wildman–Crippen MR) is 76.0 cm³/mol. The SMILES string of the molecule is Cc1cccc2c(-c3ccccc3)ncc(=O)nc12. The molecule has 0 saturated carbocycles. The summed E-state index contributed by atoms with van der Waals surface area (Å²) in [5.74, 6) is 0. The number of benzene rings is 2. The van der Waals surface area contributed by atoms with Crippen molar-refractivity contribution >= 4 is 10.9 Å². The van der Waals surface area contributed by atoms with E-state index in [0.717, 1.165) is 22.2 Å². The molecule has 3 aromatic rings. The predicted octanol–water partition coefficient (Wildman–Crippen LogP) is 2.97. The lowest BCUT2D eigenvalue weighted by Crippen LogP contribution is -1.99. The molecule has 0 atom stereocenters. The van der Waals surface area contributed by atoms with E-state index in [1.54, 1.807) is 0 Å². The largest absolute Gasteiger partial charge is 0.288 e. The molecule has 0 aliphatic rings. The Labute approximate surface area is 110 Å². The number of aromatic nitrogens is 2. The number of fused-ring (bicyclic) bond motifs is 1. The van der Waals surface area contributed by atoms with Gasteiger partial charge in [-0.2, -0.15) is 0 Å². The molecule has 0 unspecified atom stereocenters. The Hall–Kier alpha value is -2.55. The molecule has 0 bridgehead atoms. The van der Waals surface area contributed by atoms with E-state index in [1.807, 2.05) is 55.5 Å². The quantitative estimate of drug-likeness (QED) is 0.665. The van der Waals surface area contributed by atoms with E-state index in [1.165, 1.54) is 6.20 Å². The van der Waals surface area contributed by atoms with Gasteiger partial charge in [0, 0.05) is 10.9 Å². The maximum absolute atomic E-state index is 11.6. The monoisotopic (exact) mass is 248 g/mol. The van der Waals surface area contributed by atoms with Crippen molar-refractivity contribution in [2.45, 2.75) is 6.92 Å². The Morgan fingerprint density at radius 3 is 2.53 bits per heavy atom. The van der Waals surface area contributed by atoms with E-state index in [2.05, 4.69) is 9.97 Å². The minimum Gasteiger partial charge on any atom is -0.266 e. The topological polar surface area (TPSA) is 42.9 Å². The average Bonchev–Trinajstić information content (AvgIpc) is 2.60. The highest BCUT2D eigenvalue weighted by Gasteiger charge is 2.06. The molecule has 0 aliphatic heterocycles. The lowest BCUT2D eigenvalue weighted by atomic mass is 10.1. The Bertz CT molecular complexity index is 798. The van der Waals surface area contributed by atoms with Crippen molar-refractivity contribution in [1.82, 2.24) is 9.97 Å². The fraction of sp³-hybridized carbons (Fsp3) is 0.0625. The van der Waals surface area contributed by atoms with E-state index in [-0.39, 0.29) is 5.56 Å². The van der Waals surface area contributed by atoms with Gasteiger partial charge in [0.15, 0.2) is 0 Å². The lowest BCUT2D eigenvalue weighted by Gasteiger charge is -2.02. The number of nitrogens with zero attached hydrogens (tertiary/aromatic N) is 2. The van der Waals surface area contributed by atoms with E-state index >= 15 is 0 Å². The van der Waals surface area contributed by atoms with Crippen LogP contribution < -0.4 is 5.56 Å². The number of hydrogen-bond acceptors (Lipinski definition) is 3. The summed E-state index contributed by atoms with van der Waals surface area (Å²) in [4.78, 5) is 20.1. The van der Waals surface area contributed by atoms with Gasteiger partial charge in [-0.3, -0.25) is 4.79 Å². The zero-order chi connectivity index (χ0) is 13.2. The van der Waals surface area contributed by atoms with Crippen LogP contribution in [0.1, 0.15) is 5.56 Å². The molecule has 19 heavy (non-hydrogen) atoms. The van der Waals surface area contributed by atoms with Crippen molar-refractivity contribution in [3.05, 3.63) is 70.6 Å². The first-order chi connectivity index (χ1) is 9.25. The minimum atomic E-state index is -0.318. The number of rotatable bonds is 1. The second-order valence-corrected chi connectivity index (χ2v) is 4.39. The summed E-state index contributed by atoms with van der Waals surface area (Å²) < 4.78 is 0. The Morgan fingerprint density at radius 2 is 1.74 bits per heavy atom. The van der Waals surface area contributed by atoms with Gasteiger partial charge in [0.2, 0.25) is 0 Å². The highest BCUT2D eigenvalue weighted by Crippen LogP contribution is 2.25. The molecule has 0 N–H and O–H groups in total. The fourth-order valence-corrected chi connectivity index (χ4v) is 2.15. The fourth-order valence-electron chi connectivity index (χ4n) is 2.15. The van der Waals surface area contributed by atoms with Gasteiger partial charge in [0.05, 0.1) is 17.4 Å². The van der Waals surface area contributed by atoms with Crippen molar-refractivity contribution in [2.75, 3.05) is 0 Å². The molecule has 92 valence electrons. The van der Waals surface area contributed by atoms with Crippen LogP contribution in [0.2, 0.25) is 0 Å². The van der Waals surface area contributed by atoms with E-state index in [4.69, 9.17) is 0 Å². The lowest BCUT2D eigenvalue weighted by molar-refractivity contribution is 1.25. The summed E-state index contributed by atoms with van der Waals surface area (Å²) in [7, 11) is 0. The van der Waals surface area contributed by atoms with E-state index < -0.39 is 0 Å². The van der Waals surface area contributed by atoms with Crippen molar-refractivity contribution in [2.24, 2.45) is 0 Å². The van der Waals surface area contributed by atoms with Crippen molar-refractivity contribution in [3.8, 4) is 11.3 Å². The van der Waals surface area contributed by atoms with Crippen LogP contribution >= 0.6 is 0 Å². The zero-order valence-corrected chi connectivity index (χ0v) is 10.5. The minimum absolute atomic E-state index is 0.318. The van der Waals surface area contributed by atoms with Gasteiger partial charge in [-0.1, -0.05) is 48.5 Å². The molecule has 1 aromatic heterocycles. The third-order valence-corrected chi connectivity index (χ3v) is 3.07. The third-order valence-electron chi connectivity index (χ3n) is 3.07. The summed E-state index contributed by atoms with van der Waals surface area (Å²) in [6.07, 6.45) is 1.28. The molecule has 2 aromatic carbocycles. The molecule has 1 heterocycles. The van der Waals surface area contributed by atoms with Crippen LogP contribution in [0, 0.1) is 6.92 Å². The molecule has 3 heteroatoms. The van der Waals surface area contributed by atoms with Gasteiger partial charge in [-0.05, 0) is 12.5 Å². The van der Waals surface area contributed by atoms with Crippen LogP contribution in [0.15, 0.2) is 59.5 Å². The second kappa shape index (κ2) is 4.61. The summed E-state index contributed by atoms with van der Waals surface area (Å²) in [5, 5.41) is 0.897. The standard InChI is InChI=1S/C16H12N2O/c1-11-6-5-9-13-15(11)18-14(19)10-17-16(13)12-7-3-2-4-8-12/h2-10H,1H3. The van der Waals surface area contributed by atoms with Crippen LogP contribution in [0.25, 0.3) is 22.2 Å². The highest BCUT2D eigenvalue weighted by molar-refractivity contribution is 5.93. The number of hydrogen-bond donors (Lipinski definition) is 0. The maximum atomic E-state index is 11.6. The maximum Gasteiger partial charge on any atom is 0.288 e. The molecule has 0 spiro atoms. The summed E-state index contributed by atoms with van der Waals surface area (Å²) in [6, 6.07) is 15.7. The smallest absolute Gasteiger partial charge is 0.266 e. The van der Waals surface area contributed by atoms with E-state index in [0.29, 0.717) is 5.52 Å². The molecule has 3 nitrogen and oxygen atoms in total. The molecular formula is C16H12N2O. The van der Waals surface area contributed by atoms with Crippen molar-refractivity contribution in [1.29, 1.82) is 0 Å². The zero-order valence-electron chi connectivity index (χ0n) is 10.5. The van der Waals surface area contributed by atoms with Gasteiger partial charge < -0.3 is 0 Å². The van der Waals surface area contributed by atoms with Crippen molar-refractivity contribution < 1.29 is 0 Å². The molecule has 0 radical (unpaired) electrons. The number of para-hydroxylation sites is 1. The van der Waals surface area contributed by atoms with Crippen molar-refractivity contribution in [3.63, 3.8) is 0 Å². The van der Waals surface area contributed by atoms with Gasteiger partial charge in [0.25, 0.3) is 5.56 Å². The average molecular weight is 248 g/mol. The van der Waals surface area contributed by atoms with Crippen LogP contribution in [-0.4, -0.2) is 9.97 Å². The first kappa shape index (κ1) is 11.5. The van der Waals surface area contributed by atoms with Crippen LogP contribution in [-0.2, 0) is 0 Å². The highest BCUT2D eigenvalue weighted by atomic mass is 16.1. The Balaban J connectivity index is 2.47. The third kappa shape index (κ3) is 2.10. The Kier molecular flexibility index (Phi) is 2.80. The first-order valence-corrected chi connectivity index (χ1v) is 6.08. The summed E-state index contributed by atoms with van der Waals surface area (Å²) in [5.41, 5.74) is 3.14. The van der Waals surface area contributed by atoms with Crippen LogP contribution in [0.4, 0.5) is 0 Å². The normalized spacial score (nSPS) is 10.6. The van der Waals surface area contributed by atoms with E-state index in [9.17, 15) is 4.79 Å². The second-order valence-electron chi connectivity index (χ2n) is 4.39. The first-order valence-electron chi connectivity index (χ1n) is 6.08. The molecule has 0 amide bonds. The van der Waals surface area contributed by atoms with Crippen LogP contribution in [0.3, 0.4) is 0 Å².